The van der Waals surface area contributed by atoms with Crippen LogP contribution in [0.5, 0.6) is 0 Å². The molecule has 2 nitrogen and oxygen atoms in total. The molecule has 2 rings (SSSR count). The molecule has 1 fully saturated rings. The van der Waals surface area contributed by atoms with Crippen LogP contribution in [0.25, 0.3) is 0 Å². The molecule has 0 aliphatic carbocycles. The molecule has 0 aromatic carbocycles. The first-order chi connectivity index (χ1) is 7.76. The maximum absolute atomic E-state index is 13.3. The fourth-order valence-corrected chi connectivity index (χ4v) is 2.62. The molecule has 1 aliphatic heterocycles. The van der Waals surface area contributed by atoms with Crippen LogP contribution in [-0.2, 0) is 6.42 Å². The van der Waals surface area contributed by atoms with Crippen LogP contribution in [-0.4, -0.2) is 23.0 Å². The molecule has 88 valence electrons. The van der Waals surface area contributed by atoms with Gasteiger partial charge in [0.1, 0.15) is 5.82 Å². The summed E-state index contributed by atoms with van der Waals surface area (Å²) in [5, 5.41) is 0. The molecule has 16 heavy (non-hydrogen) atoms. The quantitative estimate of drug-likeness (QED) is 0.781. The van der Waals surface area contributed by atoms with E-state index in [0.29, 0.717) is 6.04 Å². The van der Waals surface area contributed by atoms with Crippen molar-refractivity contribution in [2.45, 2.75) is 39.2 Å². The molecule has 3 heteroatoms. The van der Waals surface area contributed by atoms with Gasteiger partial charge in [-0.3, -0.25) is 9.88 Å². The maximum atomic E-state index is 13.3. The zero-order valence-corrected chi connectivity index (χ0v) is 10.0. The Balaban J connectivity index is 2.34. The first kappa shape index (κ1) is 11.5. The summed E-state index contributed by atoms with van der Waals surface area (Å²) in [4.78, 5) is 6.62. The maximum Gasteiger partial charge on any atom is 0.141 e. The number of hydrogen-bond donors (Lipinski definition) is 0. The second-order valence-electron chi connectivity index (χ2n) is 4.33. The largest absolute Gasteiger partial charge is 0.297 e. The van der Waals surface area contributed by atoms with E-state index in [4.69, 9.17) is 0 Å². The van der Waals surface area contributed by atoms with Crippen LogP contribution in [0, 0.1) is 5.82 Å². The van der Waals surface area contributed by atoms with E-state index in [0.717, 1.165) is 37.2 Å². The van der Waals surface area contributed by atoms with Gasteiger partial charge in [-0.25, -0.2) is 4.39 Å². The van der Waals surface area contributed by atoms with E-state index in [9.17, 15) is 4.39 Å². The molecule has 0 amide bonds. The van der Waals surface area contributed by atoms with Crippen molar-refractivity contribution in [2.75, 3.05) is 13.1 Å². The van der Waals surface area contributed by atoms with Crippen LogP contribution in [0.2, 0.25) is 0 Å². The lowest BCUT2D eigenvalue weighted by atomic mass is 10.0. The van der Waals surface area contributed by atoms with Gasteiger partial charge in [0.25, 0.3) is 0 Å². The minimum atomic E-state index is -0.213. The van der Waals surface area contributed by atoms with Gasteiger partial charge in [0.15, 0.2) is 0 Å². The zero-order valence-electron chi connectivity index (χ0n) is 10.0. The summed E-state index contributed by atoms with van der Waals surface area (Å²) in [6.07, 6.45) is 4.54. The highest BCUT2D eigenvalue weighted by Gasteiger charge is 2.26. The lowest BCUT2D eigenvalue weighted by Crippen LogP contribution is -2.23. The molecule has 0 bridgehead atoms. The van der Waals surface area contributed by atoms with Crippen molar-refractivity contribution in [3.05, 3.63) is 29.3 Å². The Morgan fingerprint density at radius 1 is 1.50 bits per heavy atom. The van der Waals surface area contributed by atoms with Crippen molar-refractivity contribution in [1.82, 2.24) is 9.88 Å². The number of pyridine rings is 1. The smallest absolute Gasteiger partial charge is 0.141 e. The van der Waals surface area contributed by atoms with Crippen LogP contribution in [0.15, 0.2) is 12.3 Å². The van der Waals surface area contributed by atoms with Gasteiger partial charge in [-0.1, -0.05) is 13.8 Å². The van der Waals surface area contributed by atoms with Gasteiger partial charge in [0, 0.05) is 11.7 Å². The van der Waals surface area contributed by atoms with Crippen molar-refractivity contribution in [3.63, 3.8) is 0 Å². The second kappa shape index (κ2) is 4.91. The standard InChI is InChI=1S/C13H19FN2/c1-3-12-11(8-10(14)9-15-12)13-6-5-7-16(13)4-2/h8-9,13H,3-7H2,1-2H3. The normalized spacial score (nSPS) is 21.6. The van der Waals surface area contributed by atoms with Gasteiger partial charge in [-0.05, 0) is 44.0 Å². The number of rotatable bonds is 3. The van der Waals surface area contributed by atoms with E-state index in [1.54, 1.807) is 6.07 Å². The lowest BCUT2D eigenvalue weighted by molar-refractivity contribution is 0.269. The lowest BCUT2D eigenvalue weighted by Gasteiger charge is -2.24. The topological polar surface area (TPSA) is 16.1 Å². The van der Waals surface area contributed by atoms with E-state index in [1.165, 1.54) is 12.6 Å². The highest BCUT2D eigenvalue weighted by molar-refractivity contribution is 5.25. The molecule has 0 saturated carbocycles. The fourth-order valence-electron chi connectivity index (χ4n) is 2.62. The Labute approximate surface area is 96.5 Å². The number of aromatic nitrogens is 1. The van der Waals surface area contributed by atoms with Gasteiger partial charge in [-0.15, -0.1) is 0 Å². The van der Waals surface area contributed by atoms with Crippen LogP contribution in [0.3, 0.4) is 0 Å². The summed E-state index contributed by atoms with van der Waals surface area (Å²) in [6.45, 7) is 6.40. The number of halogens is 1. The van der Waals surface area contributed by atoms with Crippen molar-refractivity contribution in [1.29, 1.82) is 0 Å². The Morgan fingerprint density at radius 3 is 3.00 bits per heavy atom. The average molecular weight is 222 g/mol. The van der Waals surface area contributed by atoms with E-state index in [2.05, 4.69) is 23.7 Å². The zero-order chi connectivity index (χ0) is 11.5. The first-order valence-electron chi connectivity index (χ1n) is 6.14. The molecule has 1 aromatic heterocycles. The number of nitrogens with zero attached hydrogens (tertiary/aromatic N) is 2. The Bertz CT molecular complexity index is 365. The minimum absolute atomic E-state index is 0.213. The summed E-state index contributed by atoms with van der Waals surface area (Å²) in [5.41, 5.74) is 2.15. The minimum Gasteiger partial charge on any atom is -0.297 e. The van der Waals surface area contributed by atoms with Crippen molar-refractivity contribution in [3.8, 4) is 0 Å². The summed E-state index contributed by atoms with van der Waals surface area (Å²) in [7, 11) is 0. The van der Waals surface area contributed by atoms with Gasteiger partial charge >= 0.3 is 0 Å². The predicted octanol–water partition coefficient (Wildman–Crippen LogP) is 2.94. The molecule has 1 atom stereocenters. The molecule has 0 N–H and O–H groups in total. The average Bonchev–Trinajstić information content (AvgIpc) is 2.76. The van der Waals surface area contributed by atoms with Crippen molar-refractivity contribution in [2.24, 2.45) is 0 Å². The molecular weight excluding hydrogens is 203 g/mol. The summed E-state index contributed by atoms with van der Waals surface area (Å²) < 4.78 is 13.3. The summed E-state index contributed by atoms with van der Waals surface area (Å²) >= 11 is 0. The monoisotopic (exact) mass is 222 g/mol. The van der Waals surface area contributed by atoms with Gasteiger partial charge in [0.05, 0.1) is 6.20 Å². The molecule has 0 spiro atoms. The van der Waals surface area contributed by atoms with E-state index >= 15 is 0 Å². The Kier molecular flexibility index (Phi) is 3.54. The van der Waals surface area contributed by atoms with Crippen LogP contribution < -0.4 is 0 Å². The third-order valence-corrected chi connectivity index (χ3v) is 3.43. The number of aryl methyl sites for hydroxylation is 1. The van der Waals surface area contributed by atoms with Crippen LogP contribution in [0.1, 0.15) is 44.0 Å². The Hall–Kier alpha value is -0.960. The summed E-state index contributed by atoms with van der Waals surface area (Å²) in [6, 6.07) is 2.05. The van der Waals surface area contributed by atoms with E-state index in [1.807, 2.05) is 0 Å². The molecule has 2 heterocycles. The third kappa shape index (κ3) is 2.09. The van der Waals surface area contributed by atoms with Crippen LogP contribution >= 0.6 is 0 Å². The molecule has 1 saturated heterocycles. The molecule has 1 aliphatic rings. The highest BCUT2D eigenvalue weighted by Crippen LogP contribution is 2.33. The third-order valence-electron chi connectivity index (χ3n) is 3.43. The Morgan fingerprint density at radius 2 is 2.31 bits per heavy atom. The highest BCUT2D eigenvalue weighted by atomic mass is 19.1. The molecule has 0 radical (unpaired) electrons. The van der Waals surface area contributed by atoms with E-state index < -0.39 is 0 Å². The SMILES string of the molecule is CCc1ncc(F)cc1C1CCCN1CC. The second-order valence-corrected chi connectivity index (χ2v) is 4.33. The number of hydrogen-bond acceptors (Lipinski definition) is 2. The first-order valence-corrected chi connectivity index (χ1v) is 6.14. The summed E-state index contributed by atoms with van der Waals surface area (Å²) in [5.74, 6) is -0.213. The predicted molar refractivity (Wildman–Crippen MR) is 62.8 cm³/mol. The fraction of sp³-hybridized carbons (Fsp3) is 0.615. The van der Waals surface area contributed by atoms with Crippen molar-refractivity contribution >= 4 is 0 Å². The molecule has 1 unspecified atom stereocenters. The van der Waals surface area contributed by atoms with Crippen LogP contribution in [0.4, 0.5) is 4.39 Å². The van der Waals surface area contributed by atoms with Gasteiger partial charge in [-0.2, -0.15) is 0 Å². The molecule has 1 aromatic rings. The van der Waals surface area contributed by atoms with Gasteiger partial charge < -0.3 is 0 Å². The van der Waals surface area contributed by atoms with Crippen molar-refractivity contribution < 1.29 is 4.39 Å². The van der Waals surface area contributed by atoms with Gasteiger partial charge in [0.2, 0.25) is 0 Å². The van der Waals surface area contributed by atoms with E-state index in [-0.39, 0.29) is 5.82 Å². The molecular formula is C13H19FN2. The number of likely N-dealkylation sites (tertiary alicyclic amines) is 1.